The highest BCUT2D eigenvalue weighted by atomic mass is 32.2. The average molecular weight is 234 g/mol. The van der Waals surface area contributed by atoms with Gasteiger partial charge >= 0.3 is 0 Å². The van der Waals surface area contributed by atoms with Crippen LogP contribution in [0.2, 0.25) is 0 Å². The van der Waals surface area contributed by atoms with Crippen LogP contribution in [0.3, 0.4) is 0 Å². The van der Waals surface area contributed by atoms with Crippen molar-refractivity contribution in [1.29, 1.82) is 0 Å². The molecule has 0 saturated heterocycles. The monoisotopic (exact) mass is 234 g/mol. The second-order valence-corrected chi connectivity index (χ2v) is 6.43. The first-order chi connectivity index (χ1) is 6.92. The summed E-state index contributed by atoms with van der Waals surface area (Å²) in [7, 11) is -3.65. The second kappa shape index (κ2) is 4.80. The molecule has 0 aromatic rings. The third-order valence-corrected chi connectivity index (χ3v) is 5.06. The van der Waals surface area contributed by atoms with E-state index in [-0.39, 0.29) is 5.92 Å². The van der Waals surface area contributed by atoms with E-state index < -0.39 is 14.9 Å². The number of hydrogen-bond acceptors (Lipinski definition) is 3. The fourth-order valence-corrected chi connectivity index (χ4v) is 3.75. The van der Waals surface area contributed by atoms with Crippen molar-refractivity contribution < 1.29 is 8.42 Å². The van der Waals surface area contributed by atoms with Gasteiger partial charge in [0.2, 0.25) is 10.0 Å². The molecule has 0 bridgehead atoms. The summed E-state index contributed by atoms with van der Waals surface area (Å²) in [4.78, 5) is -1.19. The molecular weight excluding hydrogens is 212 g/mol. The lowest BCUT2D eigenvalue weighted by molar-refractivity contribution is 0.257. The SMILES string of the molecule is CCCC(N)(C1CCCCC1)S(N)(=O)=O. The van der Waals surface area contributed by atoms with Crippen molar-refractivity contribution >= 4 is 10.0 Å². The molecule has 1 fully saturated rings. The van der Waals surface area contributed by atoms with Gasteiger partial charge in [0, 0.05) is 0 Å². The van der Waals surface area contributed by atoms with Gasteiger partial charge in [-0.3, -0.25) is 0 Å². The van der Waals surface area contributed by atoms with Crippen LogP contribution in [0.15, 0.2) is 0 Å². The molecule has 1 aliphatic rings. The molecule has 0 amide bonds. The summed E-state index contributed by atoms with van der Waals surface area (Å²) in [5.41, 5.74) is 6.05. The Morgan fingerprint density at radius 3 is 2.20 bits per heavy atom. The van der Waals surface area contributed by atoms with Gasteiger partial charge in [0.25, 0.3) is 0 Å². The summed E-state index contributed by atoms with van der Waals surface area (Å²) in [5.74, 6) is 0.0428. The van der Waals surface area contributed by atoms with E-state index in [2.05, 4.69) is 0 Å². The van der Waals surface area contributed by atoms with Gasteiger partial charge in [0.15, 0.2) is 0 Å². The maximum Gasteiger partial charge on any atom is 0.228 e. The summed E-state index contributed by atoms with van der Waals surface area (Å²) >= 11 is 0. The molecule has 0 aromatic heterocycles. The highest BCUT2D eigenvalue weighted by molar-refractivity contribution is 7.90. The molecule has 4 nitrogen and oxygen atoms in total. The lowest BCUT2D eigenvalue weighted by atomic mass is 9.82. The minimum Gasteiger partial charge on any atom is -0.311 e. The van der Waals surface area contributed by atoms with E-state index in [1.54, 1.807) is 0 Å². The van der Waals surface area contributed by atoms with E-state index in [1.165, 1.54) is 6.42 Å². The first-order valence-electron chi connectivity index (χ1n) is 5.73. The van der Waals surface area contributed by atoms with Gasteiger partial charge in [-0.1, -0.05) is 32.6 Å². The predicted octanol–water partition coefficient (Wildman–Crippen LogP) is 1.31. The smallest absolute Gasteiger partial charge is 0.228 e. The molecule has 0 aliphatic heterocycles. The molecule has 1 unspecified atom stereocenters. The molecule has 1 rings (SSSR count). The Morgan fingerprint density at radius 1 is 1.27 bits per heavy atom. The van der Waals surface area contributed by atoms with Crippen LogP contribution in [-0.2, 0) is 10.0 Å². The van der Waals surface area contributed by atoms with Crippen molar-refractivity contribution in [3.8, 4) is 0 Å². The van der Waals surface area contributed by atoms with Crippen molar-refractivity contribution in [2.24, 2.45) is 16.8 Å². The van der Waals surface area contributed by atoms with Crippen LogP contribution in [0.25, 0.3) is 0 Å². The van der Waals surface area contributed by atoms with Gasteiger partial charge < -0.3 is 5.73 Å². The largest absolute Gasteiger partial charge is 0.311 e. The Morgan fingerprint density at radius 2 is 1.80 bits per heavy atom. The molecule has 5 heteroatoms. The number of hydrogen-bond donors (Lipinski definition) is 2. The van der Waals surface area contributed by atoms with Crippen molar-refractivity contribution in [1.82, 2.24) is 0 Å². The Hall–Kier alpha value is -0.130. The maximum atomic E-state index is 11.6. The van der Waals surface area contributed by atoms with Crippen molar-refractivity contribution in [3.05, 3.63) is 0 Å². The molecular formula is C10H22N2O2S. The van der Waals surface area contributed by atoms with Crippen LogP contribution in [0.4, 0.5) is 0 Å². The Labute approximate surface area is 92.5 Å². The first-order valence-corrected chi connectivity index (χ1v) is 7.27. The van der Waals surface area contributed by atoms with Gasteiger partial charge in [-0.2, -0.15) is 0 Å². The van der Waals surface area contributed by atoms with Gasteiger partial charge in [-0.25, -0.2) is 13.6 Å². The van der Waals surface area contributed by atoms with Crippen molar-refractivity contribution in [2.75, 3.05) is 0 Å². The van der Waals surface area contributed by atoms with Crippen LogP contribution < -0.4 is 10.9 Å². The van der Waals surface area contributed by atoms with E-state index in [0.717, 1.165) is 32.1 Å². The Balaban J connectivity index is 2.89. The Bertz CT molecular complexity index is 297. The molecule has 0 spiro atoms. The molecule has 4 N–H and O–H groups in total. The van der Waals surface area contributed by atoms with E-state index in [0.29, 0.717) is 6.42 Å². The van der Waals surface area contributed by atoms with Crippen LogP contribution >= 0.6 is 0 Å². The maximum absolute atomic E-state index is 11.6. The first kappa shape index (κ1) is 12.9. The predicted molar refractivity (Wildman–Crippen MR) is 61.5 cm³/mol. The summed E-state index contributed by atoms with van der Waals surface area (Å²) in [6.45, 7) is 1.94. The molecule has 1 aliphatic carbocycles. The molecule has 0 heterocycles. The zero-order chi connectivity index (χ0) is 11.5. The third kappa shape index (κ3) is 2.71. The molecule has 1 atom stereocenters. The highest BCUT2D eigenvalue weighted by Crippen LogP contribution is 2.36. The fourth-order valence-electron chi connectivity index (χ4n) is 2.56. The number of nitrogens with two attached hydrogens (primary N) is 2. The van der Waals surface area contributed by atoms with Crippen LogP contribution in [-0.4, -0.2) is 13.3 Å². The Kier molecular flexibility index (Phi) is 4.14. The van der Waals surface area contributed by atoms with Crippen molar-refractivity contribution in [2.45, 2.75) is 56.7 Å². The topological polar surface area (TPSA) is 86.2 Å². The number of rotatable bonds is 4. The van der Waals surface area contributed by atoms with Crippen LogP contribution in [0.5, 0.6) is 0 Å². The third-order valence-electron chi connectivity index (χ3n) is 3.47. The zero-order valence-electron chi connectivity index (χ0n) is 9.41. The van der Waals surface area contributed by atoms with Crippen LogP contribution in [0, 0.1) is 5.92 Å². The highest BCUT2D eigenvalue weighted by Gasteiger charge is 2.44. The second-order valence-electron chi connectivity index (χ2n) is 4.58. The summed E-state index contributed by atoms with van der Waals surface area (Å²) in [6, 6.07) is 0. The fraction of sp³-hybridized carbons (Fsp3) is 1.00. The molecule has 0 aromatic carbocycles. The normalized spacial score (nSPS) is 23.7. The number of primary sulfonamides is 1. The standard InChI is InChI=1S/C10H22N2O2S/c1-2-8-10(11,15(12,13)14)9-6-4-3-5-7-9/h9H,2-8,11H2,1H3,(H2,12,13,14). The lowest BCUT2D eigenvalue weighted by Crippen LogP contribution is -2.57. The zero-order valence-corrected chi connectivity index (χ0v) is 10.2. The van der Waals surface area contributed by atoms with Crippen molar-refractivity contribution in [3.63, 3.8) is 0 Å². The van der Waals surface area contributed by atoms with E-state index in [9.17, 15) is 8.42 Å². The minimum absolute atomic E-state index is 0.0428. The molecule has 0 radical (unpaired) electrons. The minimum atomic E-state index is -3.65. The van der Waals surface area contributed by atoms with E-state index >= 15 is 0 Å². The summed E-state index contributed by atoms with van der Waals surface area (Å²) < 4.78 is 23.2. The summed E-state index contributed by atoms with van der Waals surface area (Å²) in [5, 5.41) is 5.28. The van der Waals surface area contributed by atoms with E-state index in [4.69, 9.17) is 10.9 Å². The lowest BCUT2D eigenvalue weighted by Gasteiger charge is -2.37. The quantitative estimate of drug-likeness (QED) is 0.769. The average Bonchev–Trinajstić information content (AvgIpc) is 2.18. The van der Waals surface area contributed by atoms with Gasteiger partial charge in [0.05, 0.1) is 0 Å². The summed E-state index contributed by atoms with van der Waals surface area (Å²) in [6.07, 6.45) is 6.34. The van der Waals surface area contributed by atoms with Gasteiger partial charge in [-0.05, 0) is 25.2 Å². The molecule has 90 valence electrons. The van der Waals surface area contributed by atoms with E-state index in [1.807, 2.05) is 6.92 Å². The molecule has 1 saturated carbocycles. The molecule has 15 heavy (non-hydrogen) atoms. The number of sulfonamides is 1. The van der Waals surface area contributed by atoms with Gasteiger partial charge in [0.1, 0.15) is 4.87 Å². The van der Waals surface area contributed by atoms with Crippen LogP contribution in [0.1, 0.15) is 51.9 Å². The van der Waals surface area contributed by atoms with Gasteiger partial charge in [-0.15, -0.1) is 0 Å².